The normalized spacial score (nSPS) is 23.5. The van der Waals surface area contributed by atoms with Gasteiger partial charge in [0.1, 0.15) is 29.8 Å². The van der Waals surface area contributed by atoms with Gasteiger partial charge >= 0.3 is 6.18 Å². The van der Waals surface area contributed by atoms with Crippen molar-refractivity contribution in [2.45, 2.75) is 110 Å². The average molecular weight is 667 g/mol. The lowest BCUT2D eigenvalue weighted by Gasteiger charge is -2.27. The van der Waals surface area contributed by atoms with E-state index in [1.54, 1.807) is 11.6 Å². The molecule has 10 nitrogen and oxygen atoms in total. The number of benzene rings is 1. The van der Waals surface area contributed by atoms with Gasteiger partial charge in [0.05, 0.1) is 5.52 Å². The third kappa shape index (κ3) is 6.43. The quantitative estimate of drug-likeness (QED) is 0.344. The lowest BCUT2D eigenvalue weighted by atomic mass is 9.94. The maximum absolute atomic E-state index is 14.3. The van der Waals surface area contributed by atoms with Crippen molar-refractivity contribution in [2.24, 2.45) is 5.41 Å². The molecule has 3 aliphatic rings. The van der Waals surface area contributed by atoms with Crippen LogP contribution in [0.4, 0.5) is 19.0 Å². The van der Waals surface area contributed by atoms with Gasteiger partial charge in [0.15, 0.2) is 5.78 Å². The highest BCUT2D eigenvalue weighted by Crippen LogP contribution is 2.59. The number of amides is 3. The second-order valence-electron chi connectivity index (χ2n) is 13.9. The predicted octanol–water partition coefficient (Wildman–Crippen LogP) is 5.71. The molecule has 1 saturated carbocycles. The van der Waals surface area contributed by atoms with E-state index in [4.69, 9.17) is 0 Å². The third-order valence-corrected chi connectivity index (χ3v) is 10.1. The molecule has 0 unspecified atom stereocenters. The molecule has 2 aromatic heterocycles. The minimum atomic E-state index is -4.70. The molecule has 2 N–H and O–H groups in total. The minimum absolute atomic E-state index is 0.0860. The summed E-state index contributed by atoms with van der Waals surface area (Å²) in [6.45, 7) is 7.20. The van der Waals surface area contributed by atoms with Crippen molar-refractivity contribution in [3.63, 3.8) is 0 Å². The van der Waals surface area contributed by atoms with Gasteiger partial charge in [-0.15, -0.1) is 0 Å². The van der Waals surface area contributed by atoms with Crippen LogP contribution in [0.1, 0.15) is 105 Å². The molecule has 4 heterocycles. The van der Waals surface area contributed by atoms with Crippen molar-refractivity contribution in [3.8, 4) is 0 Å². The Bertz CT molecular complexity index is 1800. The van der Waals surface area contributed by atoms with Gasteiger partial charge in [0, 0.05) is 36.7 Å². The van der Waals surface area contributed by atoms with Gasteiger partial charge in [0.25, 0.3) is 0 Å². The number of hydrogen-bond donors (Lipinski definition) is 2. The van der Waals surface area contributed by atoms with Crippen LogP contribution >= 0.6 is 0 Å². The number of halogens is 3. The summed E-state index contributed by atoms with van der Waals surface area (Å²) in [6, 6.07) is 4.81. The fraction of sp³-hybridized carbons (Fsp3) is 0.543. The van der Waals surface area contributed by atoms with Crippen LogP contribution in [0.5, 0.6) is 0 Å². The molecule has 3 aromatic rings. The summed E-state index contributed by atoms with van der Waals surface area (Å²) < 4.78 is 41.9. The van der Waals surface area contributed by atoms with Gasteiger partial charge < -0.3 is 15.5 Å². The van der Waals surface area contributed by atoms with Crippen LogP contribution in [0.15, 0.2) is 24.3 Å². The van der Waals surface area contributed by atoms with Gasteiger partial charge in [0.2, 0.25) is 17.7 Å². The maximum atomic E-state index is 14.3. The molecule has 3 atom stereocenters. The summed E-state index contributed by atoms with van der Waals surface area (Å²) in [7, 11) is 0. The Hall–Kier alpha value is -4.29. The molecule has 0 radical (unpaired) electrons. The van der Waals surface area contributed by atoms with E-state index >= 15 is 0 Å². The van der Waals surface area contributed by atoms with E-state index in [1.165, 1.54) is 17.9 Å². The number of anilines is 1. The van der Waals surface area contributed by atoms with Crippen LogP contribution in [-0.2, 0) is 33.5 Å². The molecule has 1 aromatic carbocycles. The zero-order valence-electron chi connectivity index (χ0n) is 27.7. The number of nitrogens with zero attached hydrogens (tertiary/aromatic N) is 4. The van der Waals surface area contributed by atoms with Gasteiger partial charge in [-0.25, -0.2) is 4.98 Å². The average Bonchev–Trinajstić information content (AvgIpc) is 3.42. The Morgan fingerprint density at radius 3 is 2.48 bits per heavy atom. The predicted molar refractivity (Wildman–Crippen MR) is 172 cm³/mol. The molecular formula is C35H41F3N6O4. The first-order valence-corrected chi connectivity index (χ1v) is 16.7. The molecule has 256 valence electrons. The number of carbonyl (C=O) groups is 4. The standard InChI is InChI=1S/C35H41F3N6O4/c1-19(2)23-13-22-9-7-5-6-8-10-28(46)39-18-34-15-25(33(48)41-32-20(3)11-12-26(40-32)35(36,37)38)44(27(34)16-34)29(47)17-43-31(22)24(14-23)30(42-43)21(4)45/h11-14,19,25,27H,5-10,15-18H2,1-4H3,(H,39,46)(H,40,41,48)/t25-,27+,34-/m0/s1. The van der Waals surface area contributed by atoms with E-state index in [0.717, 1.165) is 42.9 Å². The molecule has 1 aliphatic carbocycles. The maximum Gasteiger partial charge on any atom is 0.433 e. The van der Waals surface area contributed by atoms with Crippen molar-refractivity contribution in [1.82, 2.24) is 25.0 Å². The van der Waals surface area contributed by atoms with E-state index in [1.807, 2.05) is 6.07 Å². The molecule has 2 bridgehead atoms. The van der Waals surface area contributed by atoms with E-state index in [9.17, 15) is 32.3 Å². The van der Waals surface area contributed by atoms with Gasteiger partial charge in [-0.1, -0.05) is 38.8 Å². The largest absolute Gasteiger partial charge is 0.433 e. The summed E-state index contributed by atoms with van der Waals surface area (Å²) in [4.78, 5) is 58.8. The molecule has 13 heteroatoms. The summed E-state index contributed by atoms with van der Waals surface area (Å²) in [6.07, 6.45) is 0.561. The summed E-state index contributed by atoms with van der Waals surface area (Å²) in [5.41, 5.74) is 1.70. The molecule has 6 rings (SSSR count). The van der Waals surface area contributed by atoms with Gasteiger partial charge in [-0.3, -0.25) is 23.9 Å². The third-order valence-electron chi connectivity index (χ3n) is 10.1. The summed E-state index contributed by atoms with van der Waals surface area (Å²) >= 11 is 0. The van der Waals surface area contributed by atoms with Crippen LogP contribution in [-0.4, -0.2) is 61.8 Å². The number of Topliss-reactive ketones (excluding diaryl/α,β-unsaturated/α-hetero) is 1. The van der Waals surface area contributed by atoms with Crippen molar-refractivity contribution in [1.29, 1.82) is 0 Å². The van der Waals surface area contributed by atoms with Crippen LogP contribution in [0.25, 0.3) is 10.9 Å². The molecule has 1 saturated heterocycles. The Labute approximate surface area is 276 Å². The van der Waals surface area contributed by atoms with E-state index in [-0.39, 0.29) is 54.7 Å². The van der Waals surface area contributed by atoms with E-state index in [0.29, 0.717) is 35.7 Å². The highest BCUT2D eigenvalue weighted by Gasteiger charge is 2.67. The topological polar surface area (TPSA) is 126 Å². The monoisotopic (exact) mass is 666 g/mol. The van der Waals surface area contributed by atoms with Crippen molar-refractivity contribution in [3.05, 3.63) is 52.3 Å². The number of alkyl halides is 3. The molecule has 0 spiro atoms. The van der Waals surface area contributed by atoms with Crippen molar-refractivity contribution >= 4 is 40.2 Å². The Morgan fingerprint density at radius 1 is 1.06 bits per heavy atom. The number of aromatic nitrogens is 3. The highest BCUT2D eigenvalue weighted by molar-refractivity contribution is 6.06. The van der Waals surface area contributed by atoms with Crippen LogP contribution < -0.4 is 10.6 Å². The molecule has 2 aliphatic heterocycles. The Morgan fingerprint density at radius 2 is 1.79 bits per heavy atom. The van der Waals surface area contributed by atoms with E-state index < -0.39 is 35.1 Å². The fourth-order valence-electron chi connectivity index (χ4n) is 7.34. The number of ketones is 1. The zero-order valence-corrected chi connectivity index (χ0v) is 27.7. The van der Waals surface area contributed by atoms with Crippen molar-refractivity contribution < 1.29 is 32.3 Å². The van der Waals surface area contributed by atoms with Crippen LogP contribution in [0.3, 0.4) is 0 Å². The lowest BCUT2D eigenvalue weighted by molar-refractivity contribution is -0.141. The lowest BCUT2D eigenvalue weighted by Crippen LogP contribution is -2.47. The Kier molecular flexibility index (Phi) is 8.84. The summed E-state index contributed by atoms with van der Waals surface area (Å²) in [5, 5.41) is 10.9. The van der Waals surface area contributed by atoms with Crippen LogP contribution in [0.2, 0.25) is 0 Å². The molecule has 3 amide bonds. The summed E-state index contributed by atoms with van der Waals surface area (Å²) in [5.74, 6) is -1.39. The smallest absolute Gasteiger partial charge is 0.355 e. The van der Waals surface area contributed by atoms with E-state index in [2.05, 4.69) is 40.6 Å². The van der Waals surface area contributed by atoms with Gasteiger partial charge in [-0.2, -0.15) is 18.3 Å². The number of carbonyl (C=O) groups excluding carboxylic acids is 4. The first kappa shape index (κ1) is 33.6. The van der Waals surface area contributed by atoms with Gasteiger partial charge in [-0.05, 0) is 73.8 Å². The number of pyridine rings is 1. The number of rotatable bonds is 4. The highest BCUT2D eigenvalue weighted by atomic mass is 19.4. The second-order valence-corrected chi connectivity index (χ2v) is 13.9. The van der Waals surface area contributed by atoms with Crippen LogP contribution in [0, 0.1) is 12.3 Å². The molecular weight excluding hydrogens is 625 g/mol. The minimum Gasteiger partial charge on any atom is -0.355 e. The number of aryl methyl sites for hydroxylation is 2. The van der Waals surface area contributed by atoms with Crippen molar-refractivity contribution in [2.75, 3.05) is 11.9 Å². The first-order valence-electron chi connectivity index (χ1n) is 16.7. The number of piperidine rings is 1. The molecule has 48 heavy (non-hydrogen) atoms. The first-order chi connectivity index (χ1) is 22.7. The number of hydrogen-bond acceptors (Lipinski definition) is 6. The number of nitrogens with one attached hydrogen (secondary N) is 2. The Balaban J connectivity index is 1.39. The second kappa shape index (κ2) is 12.6. The zero-order chi connectivity index (χ0) is 34.5. The molecule has 2 fully saturated rings. The fourth-order valence-corrected chi connectivity index (χ4v) is 7.34. The SMILES string of the molecule is CC(=O)c1nn2c3c(cc(C(C)C)cc13)CCCCCCC(=O)NC[C@@]13C[C@@H](C(=O)Nc4nc(C(F)(F)F)ccc4C)N(C(=O)C2)[C@@H]1C3.